The second-order valence-electron chi connectivity index (χ2n) is 6.66. The minimum atomic E-state index is 0.00564. The van der Waals surface area contributed by atoms with Crippen LogP contribution in [-0.4, -0.2) is 59.0 Å². The van der Waals surface area contributed by atoms with Crippen LogP contribution < -0.4 is 9.64 Å². The topological polar surface area (TPSA) is 71.5 Å². The lowest BCUT2D eigenvalue weighted by atomic mass is 10.1. The summed E-state index contributed by atoms with van der Waals surface area (Å²) >= 11 is 3.35. The number of halogens is 1. The first-order valence-corrected chi connectivity index (χ1v) is 9.81. The number of aromatic nitrogens is 3. The molecule has 0 N–H and O–H groups in total. The molecule has 1 fully saturated rings. The van der Waals surface area contributed by atoms with Gasteiger partial charge in [0.15, 0.2) is 0 Å². The first-order valence-electron chi connectivity index (χ1n) is 9.02. The highest BCUT2D eigenvalue weighted by Gasteiger charge is 2.25. The third kappa shape index (κ3) is 3.64. The average molecular weight is 442 g/mol. The van der Waals surface area contributed by atoms with Crippen molar-refractivity contribution in [2.45, 2.75) is 6.92 Å². The van der Waals surface area contributed by atoms with E-state index >= 15 is 0 Å². The second kappa shape index (κ2) is 7.71. The number of piperazine rings is 1. The van der Waals surface area contributed by atoms with Gasteiger partial charge in [-0.25, -0.2) is 9.97 Å². The van der Waals surface area contributed by atoms with E-state index in [0.717, 1.165) is 26.8 Å². The summed E-state index contributed by atoms with van der Waals surface area (Å²) in [5.41, 5.74) is 2.22. The van der Waals surface area contributed by atoms with Crippen LogP contribution in [0, 0.1) is 6.92 Å². The van der Waals surface area contributed by atoms with Crippen LogP contribution in [-0.2, 0) is 0 Å². The molecule has 7 nitrogen and oxygen atoms in total. The fourth-order valence-corrected chi connectivity index (χ4v) is 3.55. The van der Waals surface area contributed by atoms with E-state index in [4.69, 9.17) is 4.74 Å². The number of hydrogen-bond donors (Lipinski definition) is 0. The summed E-state index contributed by atoms with van der Waals surface area (Å²) in [7, 11) is 1.63. The van der Waals surface area contributed by atoms with Crippen molar-refractivity contribution >= 4 is 38.7 Å². The highest BCUT2D eigenvalue weighted by molar-refractivity contribution is 9.10. The van der Waals surface area contributed by atoms with Crippen molar-refractivity contribution in [3.05, 3.63) is 52.4 Å². The molecule has 0 radical (unpaired) electrons. The summed E-state index contributed by atoms with van der Waals surface area (Å²) in [5.74, 6) is 1.44. The third-order valence-corrected chi connectivity index (χ3v) is 5.31. The van der Waals surface area contributed by atoms with Crippen LogP contribution in [0.1, 0.15) is 16.1 Å². The van der Waals surface area contributed by atoms with E-state index in [2.05, 4.69) is 35.8 Å². The van der Waals surface area contributed by atoms with Crippen LogP contribution in [0.2, 0.25) is 0 Å². The number of methoxy groups -OCH3 is 1. The highest BCUT2D eigenvalue weighted by Crippen LogP contribution is 2.23. The molecule has 1 aliphatic heterocycles. The molecular weight excluding hydrogens is 422 g/mol. The number of fused-ring (bicyclic) bond motifs is 1. The first kappa shape index (κ1) is 18.6. The highest BCUT2D eigenvalue weighted by atomic mass is 79.9. The Morgan fingerprint density at radius 3 is 2.50 bits per heavy atom. The molecule has 0 atom stereocenters. The van der Waals surface area contributed by atoms with Crippen molar-refractivity contribution in [3.63, 3.8) is 0 Å². The fraction of sp³-hybridized carbons (Fsp3) is 0.300. The third-order valence-electron chi connectivity index (χ3n) is 4.90. The molecule has 0 saturated carbocycles. The number of carbonyl (C=O) groups excluding carboxylic acids is 1. The summed E-state index contributed by atoms with van der Waals surface area (Å²) in [4.78, 5) is 30.3. The average Bonchev–Trinajstić information content (AvgIpc) is 2.73. The van der Waals surface area contributed by atoms with E-state index in [-0.39, 0.29) is 5.91 Å². The summed E-state index contributed by atoms with van der Waals surface area (Å²) in [6, 6.07) is 7.60. The Bertz CT molecular complexity index is 1020. The monoisotopic (exact) mass is 441 g/mol. The Kier molecular flexibility index (Phi) is 5.13. The van der Waals surface area contributed by atoms with Gasteiger partial charge < -0.3 is 14.5 Å². The van der Waals surface area contributed by atoms with Crippen LogP contribution in [0.25, 0.3) is 10.9 Å². The largest absolute Gasteiger partial charge is 0.497 e. The molecule has 1 amide bonds. The van der Waals surface area contributed by atoms with E-state index in [1.54, 1.807) is 19.5 Å². The molecule has 2 aromatic heterocycles. The molecule has 4 rings (SSSR count). The van der Waals surface area contributed by atoms with E-state index in [1.807, 2.05) is 36.1 Å². The second-order valence-corrected chi connectivity index (χ2v) is 7.58. The fourth-order valence-electron chi connectivity index (χ4n) is 3.34. The van der Waals surface area contributed by atoms with Crippen molar-refractivity contribution in [2.24, 2.45) is 0 Å². The molecule has 0 unspecified atom stereocenters. The van der Waals surface area contributed by atoms with Crippen molar-refractivity contribution in [1.82, 2.24) is 19.9 Å². The normalized spacial score (nSPS) is 14.4. The predicted molar refractivity (Wildman–Crippen MR) is 111 cm³/mol. The minimum Gasteiger partial charge on any atom is -0.497 e. The standard InChI is InChI=1S/C20H20BrN5O2/c1-13-17(10-14-9-16(28-2)3-4-18(14)24-13)19(27)25-5-7-26(8-6-25)20-22-11-15(21)12-23-20/h3-4,9-12H,5-8H2,1-2H3. The van der Waals surface area contributed by atoms with Crippen molar-refractivity contribution in [1.29, 1.82) is 0 Å². The molecule has 3 heterocycles. The van der Waals surface area contributed by atoms with Crippen LogP contribution >= 0.6 is 15.9 Å². The summed E-state index contributed by atoms with van der Waals surface area (Å²) in [6.07, 6.45) is 3.47. The predicted octanol–water partition coefficient (Wildman–Crippen LogP) is 3.07. The number of rotatable bonds is 3. The Morgan fingerprint density at radius 2 is 1.82 bits per heavy atom. The molecule has 1 aromatic carbocycles. The number of amides is 1. The lowest BCUT2D eigenvalue weighted by Gasteiger charge is -2.34. The molecule has 1 saturated heterocycles. The Morgan fingerprint density at radius 1 is 1.11 bits per heavy atom. The Balaban J connectivity index is 1.52. The smallest absolute Gasteiger partial charge is 0.255 e. The number of ether oxygens (including phenoxy) is 1. The van der Waals surface area contributed by atoms with Crippen LogP contribution in [0.3, 0.4) is 0 Å². The zero-order chi connectivity index (χ0) is 19.7. The van der Waals surface area contributed by atoms with Gasteiger partial charge in [0, 0.05) is 44.0 Å². The van der Waals surface area contributed by atoms with E-state index in [0.29, 0.717) is 37.7 Å². The molecule has 3 aromatic rings. The van der Waals surface area contributed by atoms with Gasteiger partial charge in [-0.05, 0) is 47.1 Å². The number of hydrogen-bond acceptors (Lipinski definition) is 6. The molecule has 0 aliphatic carbocycles. The molecule has 28 heavy (non-hydrogen) atoms. The van der Waals surface area contributed by atoms with Gasteiger partial charge in [0.25, 0.3) is 5.91 Å². The lowest BCUT2D eigenvalue weighted by molar-refractivity contribution is 0.0745. The van der Waals surface area contributed by atoms with Gasteiger partial charge in [0.1, 0.15) is 5.75 Å². The van der Waals surface area contributed by atoms with Crippen LogP contribution in [0.15, 0.2) is 41.1 Å². The number of aryl methyl sites for hydroxylation is 1. The maximum atomic E-state index is 13.1. The van der Waals surface area contributed by atoms with Gasteiger partial charge >= 0.3 is 0 Å². The van der Waals surface area contributed by atoms with Crippen molar-refractivity contribution < 1.29 is 9.53 Å². The van der Waals surface area contributed by atoms with Gasteiger partial charge in [0.2, 0.25) is 5.95 Å². The number of benzene rings is 1. The van der Waals surface area contributed by atoms with Crippen molar-refractivity contribution in [2.75, 3.05) is 38.2 Å². The molecule has 0 spiro atoms. The number of nitrogens with zero attached hydrogens (tertiary/aromatic N) is 5. The first-order chi connectivity index (χ1) is 13.5. The molecule has 8 heteroatoms. The van der Waals surface area contributed by atoms with Gasteiger partial charge in [-0.1, -0.05) is 0 Å². The molecule has 1 aliphatic rings. The lowest BCUT2D eigenvalue weighted by Crippen LogP contribution is -2.49. The minimum absolute atomic E-state index is 0.00564. The summed E-state index contributed by atoms with van der Waals surface area (Å²) in [5, 5.41) is 0.898. The zero-order valence-electron chi connectivity index (χ0n) is 15.7. The van der Waals surface area contributed by atoms with Crippen LogP contribution in [0.4, 0.5) is 5.95 Å². The number of anilines is 1. The van der Waals surface area contributed by atoms with Crippen LogP contribution in [0.5, 0.6) is 5.75 Å². The van der Waals surface area contributed by atoms with E-state index < -0.39 is 0 Å². The maximum absolute atomic E-state index is 13.1. The molecule has 144 valence electrons. The number of carbonyl (C=O) groups is 1. The van der Waals surface area contributed by atoms with Gasteiger partial charge in [-0.2, -0.15) is 0 Å². The van der Waals surface area contributed by atoms with Gasteiger partial charge in [-0.3, -0.25) is 9.78 Å². The van der Waals surface area contributed by atoms with E-state index in [9.17, 15) is 4.79 Å². The molecule has 0 bridgehead atoms. The molecular formula is C20H20BrN5O2. The zero-order valence-corrected chi connectivity index (χ0v) is 17.3. The van der Waals surface area contributed by atoms with Gasteiger partial charge in [-0.15, -0.1) is 0 Å². The quantitative estimate of drug-likeness (QED) is 0.621. The van der Waals surface area contributed by atoms with Crippen molar-refractivity contribution in [3.8, 4) is 5.75 Å². The maximum Gasteiger partial charge on any atom is 0.255 e. The van der Waals surface area contributed by atoms with Gasteiger partial charge in [0.05, 0.1) is 28.4 Å². The number of pyridine rings is 1. The Hall–Kier alpha value is -2.74. The Labute approximate surface area is 171 Å². The summed E-state index contributed by atoms with van der Waals surface area (Å²) in [6.45, 7) is 4.51. The summed E-state index contributed by atoms with van der Waals surface area (Å²) < 4.78 is 6.14. The SMILES string of the molecule is COc1ccc2nc(C)c(C(=O)N3CCN(c4ncc(Br)cn4)CC3)cc2c1. The van der Waals surface area contributed by atoms with E-state index in [1.165, 1.54) is 0 Å².